The van der Waals surface area contributed by atoms with Crippen LogP contribution in [0.25, 0.3) is 0 Å². The average Bonchev–Trinajstić information content (AvgIpc) is 2.28. The Morgan fingerprint density at radius 3 is 2.67 bits per heavy atom. The second-order valence-corrected chi connectivity index (χ2v) is 5.14. The molecule has 0 radical (unpaired) electrons. The predicted octanol–water partition coefficient (Wildman–Crippen LogP) is 2.29. The summed E-state index contributed by atoms with van der Waals surface area (Å²) in [6.07, 6.45) is 1.31. The standard InChI is InChI=1S/C14H20F2N2/c15-14(16)7-4-8-18(11-14)10-13(17)9-12-5-2-1-3-6-12/h1-3,5-6,13H,4,7-11,17H2. The number of rotatable bonds is 4. The lowest BCUT2D eigenvalue weighted by Gasteiger charge is -2.33. The molecule has 1 aliphatic heterocycles. The van der Waals surface area contributed by atoms with E-state index in [9.17, 15) is 8.78 Å². The molecular formula is C14H20F2N2. The van der Waals surface area contributed by atoms with Crippen molar-refractivity contribution in [3.05, 3.63) is 35.9 Å². The maximum Gasteiger partial charge on any atom is 0.260 e. The van der Waals surface area contributed by atoms with Gasteiger partial charge in [-0.15, -0.1) is 0 Å². The number of nitrogens with zero attached hydrogens (tertiary/aromatic N) is 1. The second kappa shape index (κ2) is 5.76. The maximum atomic E-state index is 13.2. The normalized spacial score (nSPS) is 21.7. The van der Waals surface area contributed by atoms with Crippen LogP contribution in [0.2, 0.25) is 0 Å². The van der Waals surface area contributed by atoms with Crippen molar-refractivity contribution < 1.29 is 8.78 Å². The molecule has 0 aliphatic carbocycles. The first-order valence-electron chi connectivity index (χ1n) is 6.45. The van der Waals surface area contributed by atoms with E-state index in [1.54, 1.807) is 4.90 Å². The van der Waals surface area contributed by atoms with Crippen molar-refractivity contribution in [1.82, 2.24) is 4.90 Å². The van der Waals surface area contributed by atoms with Crippen LogP contribution >= 0.6 is 0 Å². The number of halogens is 2. The van der Waals surface area contributed by atoms with Gasteiger partial charge in [-0.05, 0) is 24.9 Å². The third-order valence-corrected chi connectivity index (χ3v) is 3.31. The highest BCUT2D eigenvalue weighted by molar-refractivity contribution is 5.15. The second-order valence-electron chi connectivity index (χ2n) is 5.14. The van der Waals surface area contributed by atoms with Crippen molar-refractivity contribution in [3.63, 3.8) is 0 Å². The van der Waals surface area contributed by atoms with Crippen molar-refractivity contribution in [3.8, 4) is 0 Å². The molecule has 2 N–H and O–H groups in total. The minimum Gasteiger partial charge on any atom is -0.326 e. The molecule has 0 spiro atoms. The van der Waals surface area contributed by atoms with E-state index < -0.39 is 5.92 Å². The zero-order chi connectivity index (χ0) is 13.0. The van der Waals surface area contributed by atoms with Gasteiger partial charge < -0.3 is 5.73 Å². The van der Waals surface area contributed by atoms with E-state index in [1.165, 1.54) is 0 Å². The summed E-state index contributed by atoms with van der Waals surface area (Å²) in [5.41, 5.74) is 7.20. The summed E-state index contributed by atoms with van der Waals surface area (Å²) < 4.78 is 26.5. The Hall–Kier alpha value is -1.00. The Bertz CT molecular complexity index is 367. The summed E-state index contributed by atoms with van der Waals surface area (Å²) in [5.74, 6) is -2.54. The molecule has 1 fully saturated rings. The number of hydrogen-bond donors (Lipinski definition) is 1. The summed E-state index contributed by atoms with van der Waals surface area (Å²) in [6, 6.07) is 9.85. The number of likely N-dealkylation sites (tertiary alicyclic amines) is 1. The topological polar surface area (TPSA) is 29.3 Å². The van der Waals surface area contributed by atoms with Gasteiger partial charge in [0.1, 0.15) is 0 Å². The molecule has 100 valence electrons. The molecule has 0 saturated carbocycles. The third-order valence-electron chi connectivity index (χ3n) is 3.31. The van der Waals surface area contributed by atoms with Gasteiger partial charge in [0, 0.05) is 19.0 Å². The quantitative estimate of drug-likeness (QED) is 0.893. The Labute approximate surface area is 107 Å². The first-order chi connectivity index (χ1) is 8.55. The molecule has 1 heterocycles. The van der Waals surface area contributed by atoms with E-state index >= 15 is 0 Å². The Morgan fingerprint density at radius 1 is 1.28 bits per heavy atom. The van der Waals surface area contributed by atoms with Gasteiger partial charge in [0.2, 0.25) is 0 Å². The van der Waals surface area contributed by atoms with Gasteiger partial charge in [-0.2, -0.15) is 0 Å². The lowest BCUT2D eigenvalue weighted by molar-refractivity contribution is -0.0648. The van der Waals surface area contributed by atoms with Gasteiger partial charge in [-0.25, -0.2) is 8.78 Å². The highest BCUT2D eigenvalue weighted by atomic mass is 19.3. The van der Waals surface area contributed by atoms with E-state index in [4.69, 9.17) is 5.73 Å². The Balaban J connectivity index is 1.82. The first-order valence-corrected chi connectivity index (χ1v) is 6.45. The largest absolute Gasteiger partial charge is 0.326 e. The van der Waals surface area contributed by atoms with Crippen LogP contribution in [-0.2, 0) is 6.42 Å². The van der Waals surface area contributed by atoms with E-state index in [2.05, 4.69) is 0 Å². The van der Waals surface area contributed by atoms with Crippen molar-refractivity contribution >= 4 is 0 Å². The Morgan fingerprint density at radius 2 is 2.00 bits per heavy atom. The van der Waals surface area contributed by atoms with Crippen LogP contribution in [-0.4, -0.2) is 36.5 Å². The van der Waals surface area contributed by atoms with Gasteiger partial charge in [-0.3, -0.25) is 4.90 Å². The molecule has 2 rings (SSSR count). The van der Waals surface area contributed by atoms with E-state index in [0.717, 1.165) is 18.5 Å². The van der Waals surface area contributed by atoms with Crippen LogP contribution in [0.4, 0.5) is 8.78 Å². The third kappa shape index (κ3) is 4.03. The first kappa shape index (κ1) is 13.4. The molecule has 1 atom stereocenters. The molecular weight excluding hydrogens is 234 g/mol. The van der Waals surface area contributed by atoms with Gasteiger partial charge in [0.05, 0.1) is 6.54 Å². The minimum absolute atomic E-state index is 0.0113. The van der Waals surface area contributed by atoms with Crippen molar-refractivity contribution in [2.75, 3.05) is 19.6 Å². The van der Waals surface area contributed by atoms with Crippen LogP contribution in [0.15, 0.2) is 30.3 Å². The van der Waals surface area contributed by atoms with Crippen molar-refractivity contribution in [1.29, 1.82) is 0 Å². The van der Waals surface area contributed by atoms with Crippen molar-refractivity contribution in [2.45, 2.75) is 31.2 Å². The molecule has 1 aromatic carbocycles. The number of nitrogens with two attached hydrogens (primary N) is 1. The zero-order valence-corrected chi connectivity index (χ0v) is 10.5. The number of benzene rings is 1. The fourth-order valence-corrected chi connectivity index (χ4v) is 2.52. The Kier molecular flexibility index (Phi) is 4.30. The lowest BCUT2D eigenvalue weighted by atomic mass is 10.0. The average molecular weight is 254 g/mol. The highest BCUT2D eigenvalue weighted by Gasteiger charge is 2.35. The molecule has 1 aromatic rings. The van der Waals surface area contributed by atoms with Crippen LogP contribution in [0.3, 0.4) is 0 Å². The summed E-state index contributed by atoms with van der Waals surface area (Å²) in [4.78, 5) is 1.79. The number of alkyl halides is 2. The maximum absolute atomic E-state index is 13.2. The molecule has 1 aliphatic rings. The summed E-state index contributed by atoms with van der Waals surface area (Å²) >= 11 is 0. The smallest absolute Gasteiger partial charge is 0.260 e. The SMILES string of the molecule is NC(Cc1ccccc1)CN1CCCC(F)(F)C1. The zero-order valence-electron chi connectivity index (χ0n) is 10.5. The van der Waals surface area contributed by atoms with Gasteiger partial charge in [0.15, 0.2) is 0 Å². The van der Waals surface area contributed by atoms with E-state index in [-0.39, 0.29) is 19.0 Å². The van der Waals surface area contributed by atoms with E-state index in [1.807, 2.05) is 30.3 Å². The number of piperidine rings is 1. The van der Waals surface area contributed by atoms with Crippen LogP contribution in [0.5, 0.6) is 0 Å². The molecule has 0 aromatic heterocycles. The number of hydrogen-bond acceptors (Lipinski definition) is 2. The molecule has 2 nitrogen and oxygen atoms in total. The van der Waals surface area contributed by atoms with Crippen LogP contribution < -0.4 is 5.73 Å². The summed E-state index contributed by atoms with van der Waals surface area (Å²) in [6.45, 7) is 1.14. The van der Waals surface area contributed by atoms with Crippen LogP contribution in [0.1, 0.15) is 18.4 Å². The molecule has 0 amide bonds. The van der Waals surface area contributed by atoms with Crippen LogP contribution in [0, 0.1) is 0 Å². The molecule has 1 unspecified atom stereocenters. The predicted molar refractivity (Wildman–Crippen MR) is 68.7 cm³/mol. The minimum atomic E-state index is -2.54. The summed E-state index contributed by atoms with van der Waals surface area (Å²) in [7, 11) is 0. The monoisotopic (exact) mass is 254 g/mol. The molecule has 1 saturated heterocycles. The molecule has 18 heavy (non-hydrogen) atoms. The molecule has 0 bridgehead atoms. The van der Waals surface area contributed by atoms with E-state index in [0.29, 0.717) is 13.0 Å². The fraction of sp³-hybridized carbons (Fsp3) is 0.571. The highest BCUT2D eigenvalue weighted by Crippen LogP contribution is 2.26. The lowest BCUT2D eigenvalue weighted by Crippen LogP contribution is -2.47. The summed E-state index contributed by atoms with van der Waals surface area (Å²) in [5, 5.41) is 0. The van der Waals surface area contributed by atoms with Gasteiger partial charge in [0.25, 0.3) is 5.92 Å². The molecule has 4 heteroatoms. The van der Waals surface area contributed by atoms with Gasteiger partial charge >= 0.3 is 0 Å². The van der Waals surface area contributed by atoms with Crippen molar-refractivity contribution in [2.24, 2.45) is 5.73 Å². The fourth-order valence-electron chi connectivity index (χ4n) is 2.52. The van der Waals surface area contributed by atoms with Gasteiger partial charge in [-0.1, -0.05) is 30.3 Å².